The van der Waals surface area contributed by atoms with Gasteiger partial charge in [-0.3, -0.25) is 4.79 Å². The Morgan fingerprint density at radius 1 is 1.00 bits per heavy atom. The summed E-state index contributed by atoms with van der Waals surface area (Å²) in [7, 11) is 0. The van der Waals surface area contributed by atoms with Crippen LogP contribution < -0.4 is 15.4 Å². The Bertz CT molecular complexity index is 945. The molecule has 0 atom stereocenters. The fourth-order valence-corrected chi connectivity index (χ4v) is 2.80. The zero-order valence-corrected chi connectivity index (χ0v) is 16.8. The van der Waals surface area contributed by atoms with Gasteiger partial charge < -0.3 is 15.4 Å². The van der Waals surface area contributed by atoms with Crippen LogP contribution >= 0.6 is 0 Å². The van der Waals surface area contributed by atoms with Gasteiger partial charge in [0.1, 0.15) is 11.4 Å². The second-order valence-corrected chi connectivity index (χ2v) is 6.72. The third-order valence-corrected chi connectivity index (χ3v) is 4.26. The van der Waals surface area contributed by atoms with Crippen molar-refractivity contribution in [3.8, 4) is 11.5 Å². The van der Waals surface area contributed by atoms with Crippen molar-refractivity contribution in [1.82, 2.24) is 9.97 Å². The molecule has 6 heteroatoms. The first-order valence-corrected chi connectivity index (χ1v) is 9.88. The lowest BCUT2D eigenvalue weighted by atomic mass is 10.2. The summed E-state index contributed by atoms with van der Waals surface area (Å²) in [5.41, 5.74) is 1.62. The number of carbonyl (C=O) groups excluding carboxylic acids is 1. The number of hydrogen-bond acceptors (Lipinski definition) is 5. The van der Waals surface area contributed by atoms with Crippen molar-refractivity contribution in [2.45, 2.75) is 33.1 Å². The first kappa shape index (κ1) is 20.3. The van der Waals surface area contributed by atoms with Crippen molar-refractivity contribution < 1.29 is 9.53 Å². The molecule has 0 radical (unpaired) electrons. The zero-order valence-electron chi connectivity index (χ0n) is 16.8. The predicted octanol–water partition coefficient (Wildman–Crippen LogP) is 5.43. The van der Waals surface area contributed by atoms with Crippen LogP contribution in [0.1, 0.15) is 42.4 Å². The maximum Gasteiger partial charge on any atom is 0.274 e. The highest BCUT2D eigenvalue weighted by molar-refractivity contribution is 6.03. The third kappa shape index (κ3) is 6.04. The number of nitrogens with zero attached hydrogens (tertiary/aromatic N) is 2. The highest BCUT2D eigenvalue weighted by atomic mass is 16.5. The van der Waals surface area contributed by atoms with Crippen LogP contribution in [0.3, 0.4) is 0 Å². The van der Waals surface area contributed by atoms with Gasteiger partial charge in [-0.1, -0.05) is 50.1 Å². The van der Waals surface area contributed by atoms with E-state index in [-0.39, 0.29) is 5.91 Å². The van der Waals surface area contributed by atoms with E-state index >= 15 is 0 Å². The molecule has 150 valence electrons. The standard InChI is InChI=1S/C23H26N4O2/c1-3-4-10-15-24-23-25-17(2)16-20(27-23)22(28)26-19-13-8-9-14-21(19)29-18-11-6-5-7-12-18/h5-9,11-14,16H,3-4,10,15H2,1-2H3,(H,26,28)(H,24,25,27). The largest absolute Gasteiger partial charge is 0.455 e. The number of amides is 1. The molecule has 0 saturated carbocycles. The minimum atomic E-state index is -0.309. The van der Waals surface area contributed by atoms with Crippen LogP contribution in [-0.2, 0) is 0 Å². The number of nitrogens with one attached hydrogen (secondary N) is 2. The summed E-state index contributed by atoms with van der Waals surface area (Å²) in [5, 5.41) is 6.09. The molecule has 0 unspecified atom stereocenters. The van der Waals surface area contributed by atoms with Crippen molar-refractivity contribution in [3.05, 3.63) is 72.1 Å². The lowest BCUT2D eigenvalue weighted by molar-refractivity contribution is 0.102. The van der Waals surface area contributed by atoms with E-state index < -0.39 is 0 Å². The predicted molar refractivity (Wildman–Crippen MR) is 116 cm³/mol. The summed E-state index contributed by atoms with van der Waals surface area (Å²) in [6.07, 6.45) is 3.33. The Morgan fingerprint density at radius 3 is 2.55 bits per heavy atom. The van der Waals surface area contributed by atoms with Gasteiger partial charge >= 0.3 is 0 Å². The molecule has 1 heterocycles. The second kappa shape index (κ2) is 10.2. The quantitative estimate of drug-likeness (QED) is 0.476. The molecule has 0 bridgehead atoms. The number of anilines is 2. The van der Waals surface area contributed by atoms with Gasteiger partial charge in [0.25, 0.3) is 5.91 Å². The van der Waals surface area contributed by atoms with Crippen molar-refractivity contribution >= 4 is 17.5 Å². The second-order valence-electron chi connectivity index (χ2n) is 6.72. The monoisotopic (exact) mass is 390 g/mol. The first-order chi connectivity index (χ1) is 14.2. The maximum atomic E-state index is 12.8. The van der Waals surface area contributed by atoms with Gasteiger partial charge in [0, 0.05) is 12.2 Å². The number of aromatic nitrogens is 2. The number of ether oxygens (including phenoxy) is 1. The number of carbonyl (C=O) groups is 1. The van der Waals surface area contributed by atoms with Crippen LogP contribution in [0.2, 0.25) is 0 Å². The maximum absolute atomic E-state index is 12.8. The lowest BCUT2D eigenvalue weighted by Gasteiger charge is -2.13. The van der Waals surface area contributed by atoms with Crippen LogP contribution in [0.5, 0.6) is 11.5 Å². The summed E-state index contributed by atoms with van der Waals surface area (Å²) in [5.74, 6) is 1.43. The van der Waals surface area contributed by atoms with Crippen LogP contribution in [0.15, 0.2) is 60.7 Å². The van der Waals surface area contributed by atoms with E-state index in [1.54, 1.807) is 12.1 Å². The molecule has 0 fully saturated rings. The summed E-state index contributed by atoms with van der Waals surface area (Å²) in [4.78, 5) is 21.5. The topological polar surface area (TPSA) is 76.1 Å². The number of rotatable bonds is 9. The van der Waals surface area contributed by atoms with Gasteiger partial charge in [0.05, 0.1) is 5.69 Å². The SMILES string of the molecule is CCCCCNc1nc(C)cc(C(=O)Nc2ccccc2Oc2ccccc2)n1. The molecule has 2 N–H and O–H groups in total. The van der Waals surface area contributed by atoms with Gasteiger partial charge in [0.15, 0.2) is 5.75 Å². The summed E-state index contributed by atoms with van der Waals surface area (Å²) < 4.78 is 5.91. The molecule has 2 aromatic carbocycles. The van der Waals surface area contributed by atoms with E-state index in [4.69, 9.17) is 4.74 Å². The number of para-hydroxylation sites is 3. The summed E-state index contributed by atoms with van der Waals surface area (Å²) in [6.45, 7) is 4.79. The molecule has 1 aromatic heterocycles. The molecule has 0 aliphatic rings. The molecule has 0 aliphatic carbocycles. The van der Waals surface area contributed by atoms with Crippen LogP contribution in [-0.4, -0.2) is 22.4 Å². The minimum Gasteiger partial charge on any atom is -0.455 e. The number of unbranched alkanes of at least 4 members (excludes halogenated alkanes) is 2. The normalized spacial score (nSPS) is 10.4. The molecule has 1 amide bonds. The first-order valence-electron chi connectivity index (χ1n) is 9.88. The third-order valence-electron chi connectivity index (χ3n) is 4.26. The molecule has 6 nitrogen and oxygen atoms in total. The van der Waals surface area contributed by atoms with Crippen LogP contribution in [0.4, 0.5) is 11.6 Å². The molecular formula is C23H26N4O2. The van der Waals surface area contributed by atoms with Gasteiger partial charge in [0.2, 0.25) is 5.95 Å². The summed E-state index contributed by atoms with van der Waals surface area (Å²) >= 11 is 0. The van der Waals surface area contributed by atoms with E-state index in [0.717, 1.165) is 31.5 Å². The molecule has 0 spiro atoms. The van der Waals surface area contributed by atoms with Crippen molar-refractivity contribution in [3.63, 3.8) is 0 Å². The Labute approximate surface area is 171 Å². The molecule has 3 aromatic rings. The lowest BCUT2D eigenvalue weighted by Crippen LogP contribution is -2.17. The summed E-state index contributed by atoms with van der Waals surface area (Å²) in [6, 6.07) is 18.4. The number of hydrogen-bond donors (Lipinski definition) is 2. The van der Waals surface area contributed by atoms with E-state index in [1.165, 1.54) is 0 Å². The van der Waals surface area contributed by atoms with E-state index in [9.17, 15) is 4.79 Å². The molecule has 3 rings (SSSR count). The average molecular weight is 390 g/mol. The fourth-order valence-electron chi connectivity index (χ4n) is 2.80. The zero-order chi connectivity index (χ0) is 20.5. The van der Waals surface area contributed by atoms with Gasteiger partial charge in [-0.15, -0.1) is 0 Å². The Hall–Kier alpha value is -3.41. The highest BCUT2D eigenvalue weighted by Gasteiger charge is 2.14. The van der Waals surface area contributed by atoms with E-state index in [1.807, 2.05) is 55.5 Å². The van der Waals surface area contributed by atoms with Crippen molar-refractivity contribution in [1.29, 1.82) is 0 Å². The van der Waals surface area contributed by atoms with Crippen molar-refractivity contribution in [2.24, 2.45) is 0 Å². The van der Waals surface area contributed by atoms with Gasteiger partial charge in [-0.05, 0) is 43.7 Å². The Kier molecular flexibility index (Phi) is 7.16. The minimum absolute atomic E-state index is 0.309. The fraction of sp³-hybridized carbons (Fsp3) is 0.261. The number of benzene rings is 2. The molecule has 0 aliphatic heterocycles. The molecule has 29 heavy (non-hydrogen) atoms. The van der Waals surface area contributed by atoms with Crippen LogP contribution in [0, 0.1) is 6.92 Å². The van der Waals surface area contributed by atoms with E-state index in [0.29, 0.717) is 28.8 Å². The number of aryl methyl sites for hydroxylation is 1. The average Bonchev–Trinajstić information content (AvgIpc) is 2.73. The van der Waals surface area contributed by atoms with Gasteiger partial charge in [-0.25, -0.2) is 9.97 Å². The Balaban J connectivity index is 1.73. The highest BCUT2D eigenvalue weighted by Crippen LogP contribution is 2.29. The van der Waals surface area contributed by atoms with E-state index in [2.05, 4.69) is 27.5 Å². The molecule has 0 saturated heterocycles. The Morgan fingerprint density at radius 2 is 1.76 bits per heavy atom. The molecular weight excluding hydrogens is 364 g/mol. The van der Waals surface area contributed by atoms with Crippen LogP contribution in [0.25, 0.3) is 0 Å². The smallest absolute Gasteiger partial charge is 0.274 e. The van der Waals surface area contributed by atoms with Gasteiger partial charge in [-0.2, -0.15) is 0 Å². The van der Waals surface area contributed by atoms with Crippen molar-refractivity contribution in [2.75, 3.05) is 17.2 Å².